The van der Waals surface area contributed by atoms with E-state index in [0.717, 1.165) is 25.9 Å². The normalized spacial score (nSPS) is 27.9. The zero-order chi connectivity index (χ0) is 11.1. The maximum absolute atomic E-state index is 11.4. The monoisotopic (exact) mass is 209 g/mol. The number of allylic oxidation sites excluding steroid dienone is 1. The fraction of sp³-hybridized carbons (Fsp3) is 0.583. The highest BCUT2D eigenvalue weighted by molar-refractivity contribution is 5.91. The highest BCUT2D eigenvalue weighted by Gasteiger charge is 2.11. The molecule has 0 saturated carbocycles. The molecule has 1 heterocycles. The molecule has 0 aliphatic carbocycles. The van der Waals surface area contributed by atoms with Crippen molar-refractivity contribution in [1.29, 1.82) is 0 Å². The van der Waals surface area contributed by atoms with Gasteiger partial charge in [0.1, 0.15) is 0 Å². The van der Waals surface area contributed by atoms with Gasteiger partial charge in [-0.05, 0) is 25.3 Å². The molecule has 0 aromatic carbocycles. The molecule has 15 heavy (non-hydrogen) atoms. The summed E-state index contributed by atoms with van der Waals surface area (Å²) < 4.78 is 4.74. The fourth-order valence-corrected chi connectivity index (χ4v) is 1.63. The molecular weight excluding hydrogens is 190 g/mol. The number of carbonyl (C=O) groups is 1. The molecule has 0 bridgehead atoms. The van der Waals surface area contributed by atoms with Crippen LogP contribution in [-0.2, 0) is 9.53 Å². The smallest absolute Gasteiger partial charge is 0.337 e. The van der Waals surface area contributed by atoms with Gasteiger partial charge in [0, 0.05) is 6.54 Å². The van der Waals surface area contributed by atoms with Crippen LogP contribution < -0.4 is 5.32 Å². The van der Waals surface area contributed by atoms with Gasteiger partial charge >= 0.3 is 5.97 Å². The third-order valence-electron chi connectivity index (χ3n) is 2.61. The second-order valence-corrected chi connectivity index (χ2v) is 3.68. The summed E-state index contributed by atoms with van der Waals surface area (Å²) in [6.45, 7) is 3.94. The Bertz CT molecular complexity index is 269. The lowest BCUT2D eigenvalue weighted by Gasteiger charge is -2.10. The molecule has 1 unspecified atom stereocenters. The number of methoxy groups -OCH3 is 1. The summed E-state index contributed by atoms with van der Waals surface area (Å²) in [4.78, 5) is 11.4. The Labute approximate surface area is 91.2 Å². The first-order chi connectivity index (χ1) is 7.27. The minimum Gasteiger partial charge on any atom is -0.465 e. The van der Waals surface area contributed by atoms with Crippen molar-refractivity contribution in [3.8, 4) is 0 Å². The highest BCUT2D eigenvalue weighted by atomic mass is 16.5. The molecule has 3 nitrogen and oxygen atoms in total. The van der Waals surface area contributed by atoms with Crippen molar-refractivity contribution in [1.82, 2.24) is 5.32 Å². The maximum atomic E-state index is 11.4. The summed E-state index contributed by atoms with van der Waals surface area (Å²) in [7, 11) is 1.42. The average molecular weight is 209 g/mol. The first-order valence-electron chi connectivity index (χ1n) is 5.45. The van der Waals surface area contributed by atoms with E-state index in [-0.39, 0.29) is 5.97 Å². The topological polar surface area (TPSA) is 38.3 Å². The van der Waals surface area contributed by atoms with E-state index in [4.69, 9.17) is 4.74 Å². The van der Waals surface area contributed by atoms with Gasteiger partial charge < -0.3 is 10.1 Å². The summed E-state index contributed by atoms with van der Waals surface area (Å²) in [5.41, 5.74) is 0.674. The lowest BCUT2D eigenvalue weighted by Crippen LogP contribution is -2.16. The fourth-order valence-electron chi connectivity index (χ4n) is 1.63. The Morgan fingerprint density at radius 2 is 2.47 bits per heavy atom. The molecule has 0 aromatic rings. The van der Waals surface area contributed by atoms with Crippen molar-refractivity contribution in [2.45, 2.75) is 19.8 Å². The lowest BCUT2D eigenvalue weighted by molar-refractivity contribution is -0.135. The van der Waals surface area contributed by atoms with Crippen LogP contribution in [0.4, 0.5) is 0 Å². The molecule has 3 heteroatoms. The first-order valence-corrected chi connectivity index (χ1v) is 5.45. The van der Waals surface area contributed by atoms with Crippen molar-refractivity contribution >= 4 is 5.97 Å². The van der Waals surface area contributed by atoms with Gasteiger partial charge in [-0.1, -0.05) is 25.2 Å². The molecule has 1 N–H and O–H groups in total. The van der Waals surface area contributed by atoms with Gasteiger partial charge in [-0.3, -0.25) is 0 Å². The third kappa shape index (κ3) is 3.88. The van der Waals surface area contributed by atoms with E-state index in [1.165, 1.54) is 7.11 Å². The molecule has 0 saturated heterocycles. The van der Waals surface area contributed by atoms with Gasteiger partial charge in [0.25, 0.3) is 0 Å². The Kier molecular flexibility index (Phi) is 5.12. The number of nitrogens with one attached hydrogen (secondary N) is 1. The molecule has 0 spiro atoms. The Balaban J connectivity index is 2.82. The van der Waals surface area contributed by atoms with Crippen LogP contribution in [0, 0.1) is 5.92 Å². The molecule has 0 radical (unpaired) electrons. The Morgan fingerprint density at radius 3 is 3.13 bits per heavy atom. The van der Waals surface area contributed by atoms with E-state index in [2.05, 4.69) is 12.2 Å². The standard InChI is InChI=1S/C12H19NO2/c1-3-10-6-8-13-7-4-5-11(9-10)12(14)15-2/h4-5,9-10,13H,3,6-8H2,1-2H3/b5-4-,11-9+. The summed E-state index contributed by atoms with van der Waals surface area (Å²) in [6, 6.07) is 0. The Morgan fingerprint density at radius 1 is 1.67 bits per heavy atom. The summed E-state index contributed by atoms with van der Waals surface area (Å²) in [5, 5.41) is 3.30. The van der Waals surface area contributed by atoms with Gasteiger partial charge in [0.05, 0.1) is 12.7 Å². The molecule has 0 aromatic heterocycles. The largest absolute Gasteiger partial charge is 0.465 e. The molecule has 0 fully saturated rings. The second-order valence-electron chi connectivity index (χ2n) is 3.68. The molecule has 1 atom stereocenters. The van der Waals surface area contributed by atoms with Crippen molar-refractivity contribution in [2.24, 2.45) is 5.92 Å². The maximum Gasteiger partial charge on any atom is 0.337 e. The minimum absolute atomic E-state index is 0.244. The van der Waals surface area contributed by atoms with Crippen molar-refractivity contribution < 1.29 is 9.53 Å². The van der Waals surface area contributed by atoms with E-state index in [0.29, 0.717) is 11.5 Å². The quantitative estimate of drug-likeness (QED) is 0.703. The predicted octanol–water partition coefficient (Wildman–Crippen LogP) is 1.66. The zero-order valence-corrected chi connectivity index (χ0v) is 9.45. The number of carbonyl (C=O) groups excluding carboxylic acids is 1. The van der Waals surface area contributed by atoms with E-state index in [9.17, 15) is 4.79 Å². The average Bonchev–Trinajstić information content (AvgIpc) is 2.39. The van der Waals surface area contributed by atoms with Crippen LogP contribution in [0.2, 0.25) is 0 Å². The van der Waals surface area contributed by atoms with Gasteiger partial charge in [-0.2, -0.15) is 0 Å². The summed E-state index contributed by atoms with van der Waals surface area (Å²) >= 11 is 0. The van der Waals surface area contributed by atoms with Gasteiger partial charge in [-0.15, -0.1) is 0 Å². The SMILES string of the molecule is CCC1/C=C(C(=O)OC)\C=C/CNCC1. The molecule has 1 rings (SSSR count). The first kappa shape index (κ1) is 12.0. The zero-order valence-electron chi connectivity index (χ0n) is 9.45. The number of rotatable bonds is 2. The molecular formula is C12H19NO2. The van der Waals surface area contributed by atoms with E-state index in [1.807, 2.05) is 18.2 Å². The molecule has 1 aliphatic rings. The molecule has 84 valence electrons. The van der Waals surface area contributed by atoms with Crippen LogP contribution in [0.3, 0.4) is 0 Å². The van der Waals surface area contributed by atoms with Gasteiger partial charge in [-0.25, -0.2) is 4.79 Å². The van der Waals surface area contributed by atoms with Crippen LogP contribution in [0.25, 0.3) is 0 Å². The minimum atomic E-state index is -0.244. The third-order valence-corrected chi connectivity index (χ3v) is 2.61. The lowest BCUT2D eigenvalue weighted by atomic mass is 9.99. The van der Waals surface area contributed by atoms with Crippen LogP contribution in [0.5, 0.6) is 0 Å². The number of esters is 1. The van der Waals surface area contributed by atoms with E-state index < -0.39 is 0 Å². The molecule has 0 amide bonds. The number of ether oxygens (including phenoxy) is 1. The highest BCUT2D eigenvalue weighted by Crippen LogP contribution is 2.14. The summed E-state index contributed by atoms with van der Waals surface area (Å²) in [6.07, 6.45) is 7.94. The van der Waals surface area contributed by atoms with Crippen molar-refractivity contribution in [3.05, 3.63) is 23.8 Å². The van der Waals surface area contributed by atoms with Crippen LogP contribution >= 0.6 is 0 Å². The molecule has 1 aliphatic heterocycles. The van der Waals surface area contributed by atoms with Crippen molar-refractivity contribution in [2.75, 3.05) is 20.2 Å². The number of hydrogen-bond acceptors (Lipinski definition) is 3. The van der Waals surface area contributed by atoms with Crippen LogP contribution in [-0.4, -0.2) is 26.2 Å². The van der Waals surface area contributed by atoms with Gasteiger partial charge in [0.15, 0.2) is 0 Å². The number of hydrogen-bond donors (Lipinski definition) is 1. The second kappa shape index (κ2) is 6.40. The summed E-state index contributed by atoms with van der Waals surface area (Å²) in [5.74, 6) is 0.209. The van der Waals surface area contributed by atoms with Crippen LogP contribution in [0.15, 0.2) is 23.8 Å². The van der Waals surface area contributed by atoms with Crippen LogP contribution in [0.1, 0.15) is 19.8 Å². The Hall–Kier alpha value is -1.09. The predicted molar refractivity (Wildman–Crippen MR) is 60.5 cm³/mol. The van der Waals surface area contributed by atoms with E-state index in [1.54, 1.807) is 0 Å². The van der Waals surface area contributed by atoms with Gasteiger partial charge in [0.2, 0.25) is 0 Å². The van der Waals surface area contributed by atoms with Crippen molar-refractivity contribution in [3.63, 3.8) is 0 Å². The van der Waals surface area contributed by atoms with E-state index >= 15 is 0 Å².